The lowest BCUT2D eigenvalue weighted by atomic mass is 10.1. The second-order valence-corrected chi connectivity index (χ2v) is 6.19. The van der Waals surface area contributed by atoms with Crippen molar-refractivity contribution in [3.8, 4) is 6.07 Å². The van der Waals surface area contributed by atoms with Crippen LogP contribution in [0.25, 0.3) is 0 Å². The molecule has 0 bridgehead atoms. The number of nitrogens with zero attached hydrogens (tertiary/aromatic N) is 1. The van der Waals surface area contributed by atoms with Gasteiger partial charge < -0.3 is 5.32 Å². The van der Waals surface area contributed by atoms with Crippen molar-refractivity contribution < 1.29 is 0 Å². The lowest BCUT2D eigenvalue weighted by Gasteiger charge is -2.30. The maximum absolute atomic E-state index is 9.07. The molecule has 0 amide bonds. The first-order valence-corrected chi connectivity index (χ1v) is 7.21. The Hall–Kier alpha value is -0.850. The Morgan fingerprint density at radius 2 is 2.35 bits per heavy atom. The molecule has 1 aliphatic heterocycles. The molecule has 1 aliphatic rings. The van der Waals surface area contributed by atoms with Crippen molar-refractivity contribution in [2.75, 3.05) is 11.1 Å². The molecule has 1 N–H and O–H groups in total. The largest absolute Gasteiger partial charge is 0.380 e. The summed E-state index contributed by atoms with van der Waals surface area (Å²) in [6, 6.07) is 7.99. The molecule has 2 rings (SSSR count). The highest BCUT2D eigenvalue weighted by Gasteiger charge is 2.22. The van der Waals surface area contributed by atoms with Crippen molar-refractivity contribution in [2.45, 2.75) is 31.1 Å². The van der Waals surface area contributed by atoms with Gasteiger partial charge in [-0.1, -0.05) is 18.5 Å². The smallest absolute Gasteiger partial charge is 0.101 e. The molecule has 2 unspecified atom stereocenters. The van der Waals surface area contributed by atoms with Gasteiger partial charge in [0.25, 0.3) is 0 Å². The molecule has 1 aromatic carbocycles. The molecule has 1 fully saturated rings. The molecule has 0 spiro atoms. The third-order valence-corrected chi connectivity index (χ3v) is 4.66. The van der Waals surface area contributed by atoms with E-state index < -0.39 is 0 Å². The topological polar surface area (TPSA) is 35.8 Å². The van der Waals surface area contributed by atoms with Crippen molar-refractivity contribution in [1.29, 1.82) is 5.26 Å². The molecule has 0 aromatic heterocycles. The van der Waals surface area contributed by atoms with E-state index in [1.165, 1.54) is 12.2 Å². The summed E-state index contributed by atoms with van der Waals surface area (Å²) in [6.45, 7) is 2.23. The molecule has 0 saturated carbocycles. The number of halogens is 1. The monoisotopic (exact) mass is 266 g/mol. The van der Waals surface area contributed by atoms with Crippen LogP contribution in [-0.4, -0.2) is 17.0 Å². The van der Waals surface area contributed by atoms with Gasteiger partial charge in [0.15, 0.2) is 0 Å². The molecule has 90 valence electrons. The summed E-state index contributed by atoms with van der Waals surface area (Å²) in [5.74, 6) is 1.24. The first-order chi connectivity index (χ1) is 8.20. The Morgan fingerprint density at radius 1 is 1.53 bits per heavy atom. The standard InChI is InChI=1S/C13H15ClN2S/c1-9-12(3-2-6-17-9)16-13-7-11(14)5-4-10(13)8-15/h4-5,7,9,12,16H,2-3,6H2,1H3. The number of rotatable bonds is 2. The lowest BCUT2D eigenvalue weighted by molar-refractivity contribution is 0.617. The van der Waals surface area contributed by atoms with E-state index in [-0.39, 0.29) is 0 Å². The van der Waals surface area contributed by atoms with Crippen LogP contribution in [0.1, 0.15) is 25.3 Å². The maximum atomic E-state index is 9.07. The van der Waals surface area contributed by atoms with Crippen LogP contribution in [0.4, 0.5) is 5.69 Å². The first-order valence-electron chi connectivity index (χ1n) is 5.78. The Bertz CT molecular complexity index is 442. The highest BCUT2D eigenvalue weighted by atomic mass is 35.5. The minimum Gasteiger partial charge on any atom is -0.380 e. The van der Waals surface area contributed by atoms with Crippen LogP contribution in [0.2, 0.25) is 5.02 Å². The summed E-state index contributed by atoms with van der Waals surface area (Å²) in [4.78, 5) is 0. The van der Waals surface area contributed by atoms with Gasteiger partial charge in [0.1, 0.15) is 6.07 Å². The van der Waals surface area contributed by atoms with E-state index in [2.05, 4.69) is 18.3 Å². The van der Waals surface area contributed by atoms with Crippen LogP contribution in [0.3, 0.4) is 0 Å². The minimum absolute atomic E-state index is 0.430. The van der Waals surface area contributed by atoms with E-state index in [1.807, 2.05) is 17.8 Å². The van der Waals surface area contributed by atoms with Crippen LogP contribution in [0.15, 0.2) is 18.2 Å². The summed E-state index contributed by atoms with van der Waals surface area (Å²) < 4.78 is 0. The number of thioether (sulfide) groups is 1. The van der Waals surface area contributed by atoms with Gasteiger partial charge in [-0.15, -0.1) is 0 Å². The van der Waals surface area contributed by atoms with Gasteiger partial charge in [0.2, 0.25) is 0 Å². The van der Waals surface area contributed by atoms with E-state index >= 15 is 0 Å². The van der Waals surface area contributed by atoms with Gasteiger partial charge in [-0.05, 0) is 36.8 Å². The zero-order chi connectivity index (χ0) is 12.3. The van der Waals surface area contributed by atoms with Crippen molar-refractivity contribution in [2.24, 2.45) is 0 Å². The van der Waals surface area contributed by atoms with Crippen molar-refractivity contribution in [1.82, 2.24) is 0 Å². The van der Waals surface area contributed by atoms with Crippen molar-refractivity contribution >= 4 is 29.1 Å². The van der Waals surface area contributed by atoms with Gasteiger partial charge in [0, 0.05) is 16.3 Å². The van der Waals surface area contributed by atoms with Gasteiger partial charge in [-0.25, -0.2) is 0 Å². The number of benzene rings is 1. The fraction of sp³-hybridized carbons (Fsp3) is 0.462. The summed E-state index contributed by atoms with van der Waals surface area (Å²) in [5, 5.41) is 13.8. The molecule has 2 nitrogen and oxygen atoms in total. The summed E-state index contributed by atoms with van der Waals surface area (Å²) in [6.07, 6.45) is 2.39. The van der Waals surface area contributed by atoms with E-state index in [4.69, 9.17) is 16.9 Å². The highest BCUT2D eigenvalue weighted by molar-refractivity contribution is 8.00. The second-order valence-electron chi connectivity index (χ2n) is 4.27. The van der Waals surface area contributed by atoms with Gasteiger partial charge in [-0.2, -0.15) is 17.0 Å². The number of nitriles is 1. The van der Waals surface area contributed by atoms with Crippen molar-refractivity contribution in [3.63, 3.8) is 0 Å². The van der Waals surface area contributed by atoms with Gasteiger partial charge in [-0.3, -0.25) is 0 Å². The summed E-state index contributed by atoms with van der Waals surface area (Å²) in [7, 11) is 0. The molecule has 1 aromatic rings. The zero-order valence-electron chi connectivity index (χ0n) is 9.74. The molecule has 17 heavy (non-hydrogen) atoms. The molecule has 1 heterocycles. The molecule has 0 aliphatic carbocycles. The molecular weight excluding hydrogens is 252 g/mol. The van der Waals surface area contributed by atoms with E-state index in [9.17, 15) is 0 Å². The van der Waals surface area contributed by atoms with E-state index in [1.54, 1.807) is 12.1 Å². The normalized spacial score (nSPS) is 24.1. The fourth-order valence-electron chi connectivity index (χ4n) is 2.05. The first kappa shape index (κ1) is 12.6. The highest BCUT2D eigenvalue weighted by Crippen LogP contribution is 2.29. The van der Waals surface area contributed by atoms with Crippen LogP contribution >= 0.6 is 23.4 Å². The van der Waals surface area contributed by atoms with Crippen LogP contribution in [0, 0.1) is 11.3 Å². The van der Waals surface area contributed by atoms with Crippen LogP contribution in [-0.2, 0) is 0 Å². The Kier molecular flexibility index (Phi) is 4.20. The molecule has 1 saturated heterocycles. The van der Waals surface area contributed by atoms with Gasteiger partial charge in [0.05, 0.1) is 11.3 Å². The van der Waals surface area contributed by atoms with Crippen LogP contribution in [0.5, 0.6) is 0 Å². The predicted octanol–water partition coefficient (Wildman–Crippen LogP) is 3.91. The van der Waals surface area contributed by atoms with E-state index in [0.29, 0.717) is 21.9 Å². The summed E-state index contributed by atoms with van der Waals surface area (Å²) in [5.41, 5.74) is 1.52. The van der Waals surface area contributed by atoms with Crippen LogP contribution < -0.4 is 5.32 Å². The number of hydrogen-bond acceptors (Lipinski definition) is 3. The molecular formula is C13H15ClN2S. The second kappa shape index (κ2) is 5.66. The number of hydrogen-bond donors (Lipinski definition) is 1. The fourth-order valence-corrected chi connectivity index (χ4v) is 3.36. The average Bonchev–Trinajstić information content (AvgIpc) is 2.32. The Labute approximate surface area is 111 Å². The quantitative estimate of drug-likeness (QED) is 0.882. The van der Waals surface area contributed by atoms with Crippen molar-refractivity contribution in [3.05, 3.63) is 28.8 Å². The number of nitrogens with one attached hydrogen (secondary N) is 1. The maximum Gasteiger partial charge on any atom is 0.101 e. The number of anilines is 1. The third kappa shape index (κ3) is 3.08. The SMILES string of the molecule is CC1SCCCC1Nc1cc(Cl)ccc1C#N. The van der Waals surface area contributed by atoms with Gasteiger partial charge >= 0.3 is 0 Å². The molecule has 2 atom stereocenters. The predicted molar refractivity (Wildman–Crippen MR) is 74.7 cm³/mol. The Balaban J connectivity index is 2.17. The molecule has 0 radical (unpaired) electrons. The Morgan fingerprint density at radius 3 is 3.06 bits per heavy atom. The summed E-state index contributed by atoms with van der Waals surface area (Å²) >= 11 is 7.96. The zero-order valence-corrected chi connectivity index (χ0v) is 11.3. The lowest BCUT2D eigenvalue weighted by Crippen LogP contribution is -2.33. The minimum atomic E-state index is 0.430. The molecule has 4 heteroatoms. The van der Waals surface area contributed by atoms with E-state index in [0.717, 1.165) is 12.1 Å². The third-order valence-electron chi connectivity index (χ3n) is 3.05. The average molecular weight is 267 g/mol.